The molecule has 1 saturated heterocycles. The molecule has 2 atom stereocenters. The van der Waals surface area contributed by atoms with Crippen LogP contribution >= 0.6 is 11.6 Å². The SMILES string of the molecule is Cc1ccc(NC(=O)CN2CC(O)CC2C(=O)O)c(Cl)c1. The number of hydrogen-bond acceptors (Lipinski definition) is 4. The van der Waals surface area contributed by atoms with Gasteiger partial charge in [-0.05, 0) is 24.6 Å². The molecule has 1 aliphatic rings. The van der Waals surface area contributed by atoms with E-state index in [0.29, 0.717) is 10.7 Å². The van der Waals surface area contributed by atoms with Crippen LogP contribution in [0.5, 0.6) is 0 Å². The third kappa shape index (κ3) is 3.93. The van der Waals surface area contributed by atoms with Crippen LogP contribution in [-0.4, -0.2) is 52.2 Å². The van der Waals surface area contributed by atoms with Crippen molar-refractivity contribution in [2.24, 2.45) is 0 Å². The van der Waals surface area contributed by atoms with Crippen LogP contribution in [-0.2, 0) is 9.59 Å². The van der Waals surface area contributed by atoms with Crippen LogP contribution < -0.4 is 5.32 Å². The van der Waals surface area contributed by atoms with Gasteiger partial charge < -0.3 is 15.5 Å². The van der Waals surface area contributed by atoms with Gasteiger partial charge in [-0.1, -0.05) is 17.7 Å². The lowest BCUT2D eigenvalue weighted by Gasteiger charge is -2.20. The second-order valence-corrected chi connectivity index (χ2v) is 5.61. The van der Waals surface area contributed by atoms with Crippen molar-refractivity contribution in [3.8, 4) is 0 Å². The van der Waals surface area contributed by atoms with Gasteiger partial charge in [0.05, 0.1) is 23.4 Å². The molecule has 21 heavy (non-hydrogen) atoms. The Kier molecular flexibility index (Phi) is 4.82. The Labute approximate surface area is 127 Å². The number of aliphatic carboxylic acids is 1. The van der Waals surface area contributed by atoms with E-state index in [2.05, 4.69) is 5.32 Å². The third-order valence-corrected chi connectivity index (χ3v) is 3.72. The number of amides is 1. The number of likely N-dealkylation sites (tertiary alicyclic amines) is 1. The number of nitrogens with one attached hydrogen (secondary N) is 1. The maximum absolute atomic E-state index is 12.0. The number of halogens is 1. The first-order chi connectivity index (χ1) is 9.86. The van der Waals surface area contributed by atoms with Crippen molar-refractivity contribution in [2.45, 2.75) is 25.5 Å². The van der Waals surface area contributed by atoms with E-state index in [1.807, 2.05) is 13.0 Å². The van der Waals surface area contributed by atoms with Crippen molar-refractivity contribution >= 4 is 29.2 Å². The van der Waals surface area contributed by atoms with E-state index in [1.165, 1.54) is 4.90 Å². The number of carboxylic acid groups (broad SMARTS) is 1. The molecule has 1 heterocycles. The standard InChI is InChI=1S/C14H17ClN2O4/c1-8-2-3-11(10(15)4-8)16-13(19)7-17-6-9(18)5-12(17)14(20)21/h2-4,9,12,18H,5-7H2,1H3,(H,16,19)(H,20,21). The average Bonchev–Trinajstić information content (AvgIpc) is 2.74. The molecule has 7 heteroatoms. The quantitative estimate of drug-likeness (QED) is 0.775. The van der Waals surface area contributed by atoms with E-state index in [-0.39, 0.29) is 25.4 Å². The summed E-state index contributed by atoms with van der Waals surface area (Å²) in [5, 5.41) is 21.7. The van der Waals surface area contributed by atoms with Crippen molar-refractivity contribution < 1.29 is 19.8 Å². The lowest BCUT2D eigenvalue weighted by molar-refractivity contribution is -0.142. The molecule has 2 rings (SSSR count). The van der Waals surface area contributed by atoms with E-state index < -0.39 is 18.1 Å². The van der Waals surface area contributed by atoms with Crippen LogP contribution in [0.1, 0.15) is 12.0 Å². The van der Waals surface area contributed by atoms with E-state index >= 15 is 0 Å². The topological polar surface area (TPSA) is 89.9 Å². The van der Waals surface area contributed by atoms with Gasteiger partial charge in [-0.25, -0.2) is 0 Å². The molecule has 1 aromatic carbocycles. The number of anilines is 1. The Balaban J connectivity index is 1.99. The molecule has 1 aromatic rings. The molecule has 114 valence electrons. The fourth-order valence-corrected chi connectivity index (χ4v) is 2.69. The molecule has 0 saturated carbocycles. The number of benzene rings is 1. The van der Waals surface area contributed by atoms with Crippen LogP contribution in [0.2, 0.25) is 5.02 Å². The highest BCUT2D eigenvalue weighted by atomic mass is 35.5. The summed E-state index contributed by atoms with van der Waals surface area (Å²) in [6.45, 7) is 1.96. The highest BCUT2D eigenvalue weighted by molar-refractivity contribution is 6.33. The molecule has 0 aliphatic carbocycles. The van der Waals surface area contributed by atoms with Gasteiger partial charge in [0, 0.05) is 13.0 Å². The smallest absolute Gasteiger partial charge is 0.321 e. The van der Waals surface area contributed by atoms with E-state index in [0.717, 1.165) is 5.56 Å². The van der Waals surface area contributed by atoms with Crippen LogP contribution in [0.15, 0.2) is 18.2 Å². The second kappa shape index (κ2) is 6.43. The van der Waals surface area contributed by atoms with E-state index in [4.69, 9.17) is 16.7 Å². The van der Waals surface area contributed by atoms with Crippen molar-refractivity contribution in [2.75, 3.05) is 18.4 Å². The van der Waals surface area contributed by atoms with Gasteiger partial charge in [-0.3, -0.25) is 14.5 Å². The number of aliphatic hydroxyl groups is 1. The minimum absolute atomic E-state index is 0.0990. The second-order valence-electron chi connectivity index (χ2n) is 5.20. The molecule has 1 fully saturated rings. The molecule has 0 aromatic heterocycles. The van der Waals surface area contributed by atoms with Crippen LogP contribution in [0.4, 0.5) is 5.69 Å². The number of aliphatic hydroxyl groups excluding tert-OH is 1. The first-order valence-corrected chi connectivity index (χ1v) is 6.95. The third-order valence-electron chi connectivity index (χ3n) is 3.41. The van der Waals surface area contributed by atoms with Gasteiger partial charge >= 0.3 is 5.97 Å². The van der Waals surface area contributed by atoms with E-state index in [1.54, 1.807) is 12.1 Å². The van der Waals surface area contributed by atoms with Crippen LogP contribution in [0.25, 0.3) is 0 Å². The fourth-order valence-electron chi connectivity index (χ4n) is 2.41. The van der Waals surface area contributed by atoms with Gasteiger partial charge in [0.15, 0.2) is 0 Å². The van der Waals surface area contributed by atoms with Crippen molar-refractivity contribution in [3.05, 3.63) is 28.8 Å². The predicted molar refractivity (Wildman–Crippen MR) is 78.4 cm³/mol. The summed E-state index contributed by atoms with van der Waals surface area (Å²) in [5.74, 6) is -1.39. The molecule has 0 spiro atoms. The number of aryl methyl sites for hydroxylation is 1. The monoisotopic (exact) mass is 312 g/mol. The van der Waals surface area contributed by atoms with Gasteiger partial charge in [-0.2, -0.15) is 0 Å². The Bertz CT molecular complexity index is 564. The Morgan fingerprint density at radius 3 is 2.81 bits per heavy atom. The minimum atomic E-state index is -1.03. The average molecular weight is 313 g/mol. The zero-order valence-corrected chi connectivity index (χ0v) is 12.3. The summed E-state index contributed by atoms with van der Waals surface area (Å²) < 4.78 is 0. The summed E-state index contributed by atoms with van der Waals surface area (Å²) in [6.07, 6.45) is -0.588. The number of carbonyl (C=O) groups is 2. The molecule has 6 nitrogen and oxygen atoms in total. The predicted octanol–water partition coefficient (Wildman–Crippen LogP) is 1.11. The number of carboxylic acids is 1. The molecule has 1 aliphatic heterocycles. The zero-order chi connectivity index (χ0) is 15.6. The maximum Gasteiger partial charge on any atom is 0.321 e. The lowest BCUT2D eigenvalue weighted by Crippen LogP contribution is -2.41. The molecule has 0 bridgehead atoms. The van der Waals surface area contributed by atoms with Gasteiger partial charge in [0.25, 0.3) is 0 Å². The van der Waals surface area contributed by atoms with E-state index in [9.17, 15) is 14.7 Å². The first kappa shape index (κ1) is 15.8. The maximum atomic E-state index is 12.0. The first-order valence-electron chi connectivity index (χ1n) is 6.57. The summed E-state index contributed by atoms with van der Waals surface area (Å²) in [7, 11) is 0. The molecular weight excluding hydrogens is 296 g/mol. The largest absolute Gasteiger partial charge is 0.480 e. The van der Waals surface area contributed by atoms with Gasteiger partial charge in [0.1, 0.15) is 6.04 Å². The number of carbonyl (C=O) groups excluding carboxylic acids is 1. The Hall–Kier alpha value is -1.63. The number of rotatable bonds is 4. The van der Waals surface area contributed by atoms with Crippen molar-refractivity contribution in [1.82, 2.24) is 4.90 Å². The van der Waals surface area contributed by atoms with Crippen molar-refractivity contribution in [3.63, 3.8) is 0 Å². The summed E-state index contributed by atoms with van der Waals surface area (Å²) >= 11 is 6.03. The lowest BCUT2D eigenvalue weighted by atomic mass is 10.2. The number of nitrogens with zero attached hydrogens (tertiary/aromatic N) is 1. The number of hydrogen-bond donors (Lipinski definition) is 3. The zero-order valence-electron chi connectivity index (χ0n) is 11.5. The highest BCUT2D eigenvalue weighted by Gasteiger charge is 2.36. The molecule has 0 radical (unpaired) electrons. The van der Waals surface area contributed by atoms with Gasteiger partial charge in [-0.15, -0.1) is 0 Å². The molecule has 3 N–H and O–H groups in total. The normalized spacial score (nSPS) is 22.2. The molecular formula is C14H17ClN2O4. The highest BCUT2D eigenvalue weighted by Crippen LogP contribution is 2.23. The number of β-amino-alcohol motifs (C(OH)–C–C–N with tert-alkyl or cyclic N) is 1. The summed E-state index contributed by atoms with van der Waals surface area (Å²) in [5.41, 5.74) is 1.46. The minimum Gasteiger partial charge on any atom is -0.480 e. The van der Waals surface area contributed by atoms with Crippen LogP contribution in [0.3, 0.4) is 0 Å². The fraction of sp³-hybridized carbons (Fsp3) is 0.429. The molecule has 1 amide bonds. The summed E-state index contributed by atoms with van der Waals surface area (Å²) in [4.78, 5) is 24.5. The molecule has 2 unspecified atom stereocenters. The Morgan fingerprint density at radius 2 is 2.19 bits per heavy atom. The Morgan fingerprint density at radius 1 is 1.48 bits per heavy atom. The summed E-state index contributed by atoms with van der Waals surface area (Å²) in [6, 6.07) is 4.42. The van der Waals surface area contributed by atoms with Gasteiger partial charge in [0.2, 0.25) is 5.91 Å². The van der Waals surface area contributed by atoms with Crippen LogP contribution in [0, 0.1) is 6.92 Å². The van der Waals surface area contributed by atoms with Crippen molar-refractivity contribution in [1.29, 1.82) is 0 Å².